The number of halogens is 14. The fourth-order valence-corrected chi connectivity index (χ4v) is 2.60. The van der Waals surface area contributed by atoms with Gasteiger partial charge in [0.25, 0.3) is 0 Å². The van der Waals surface area contributed by atoms with Gasteiger partial charge in [-0.2, -0.15) is 66.6 Å². The molecular formula is C17H10F14N2. The van der Waals surface area contributed by atoms with Crippen LogP contribution in [0.2, 0.25) is 0 Å². The lowest BCUT2D eigenvalue weighted by Gasteiger charge is -2.28. The molecule has 0 amide bonds. The number of nitrogens with zero attached hydrogens (tertiary/aromatic N) is 2. The summed E-state index contributed by atoms with van der Waals surface area (Å²) in [6.45, 7) is 0.164. The van der Waals surface area contributed by atoms with E-state index in [2.05, 4.69) is 5.10 Å². The lowest BCUT2D eigenvalue weighted by Crippen LogP contribution is -2.51. The topological polar surface area (TPSA) is 17.8 Å². The van der Waals surface area contributed by atoms with E-state index in [9.17, 15) is 61.5 Å². The Morgan fingerprint density at radius 1 is 0.697 bits per heavy atom. The summed E-state index contributed by atoms with van der Waals surface area (Å²) in [5, 5.41) is 2.45. The first kappa shape index (κ1) is 26.7. The van der Waals surface area contributed by atoms with E-state index >= 15 is 0 Å². The summed E-state index contributed by atoms with van der Waals surface area (Å²) in [5.74, 6) is -26.6. The van der Waals surface area contributed by atoms with Crippen molar-refractivity contribution < 1.29 is 61.5 Å². The number of aryl methyl sites for hydroxylation is 1. The SMILES string of the molecule is Cc1cccc(Cn2nc(C(F)(F)C(F)(F)C(F)(F)F)cc2C(F)(F)C(F)(F)C(F)(F)F)c1. The molecule has 0 atom stereocenters. The van der Waals surface area contributed by atoms with Gasteiger partial charge in [0.2, 0.25) is 0 Å². The molecule has 0 aliphatic rings. The maximum absolute atomic E-state index is 14.2. The Bertz CT molecular complexity index is 1000. The number of aromatic nitrogens is 2. The van der Waals surface area contributed by atoms with Crippen LogP contribution in [0.5, 0.6) is 0 Å². The molecule has 1 aromatic heterocycles. The fourth-order valence-electron chi connectivity index (χ4n) is 2.60. The molecule has 1 heterocycles. The lowest BCUT2D eigenvalue weighted by atomic mass is 10.0. The highest BCUT2D eigenvalue weighted by Gasteiger charge is 2.77. The molecule has 2 aromatic rings. The molecule has 2 rings (SSSR count). The van der Waals surface area contributed by atoms with Gasteiger partial charge in [-0.15, -0.1) is 0 Å². The molecule has 16 heteroatoms. The molecule has 0 aliphatic carbocycles. The van der Waals surface area contributed by atoms with Gasteiger partial charge < -0.3 is 0 Å². The van der Waals surface area contributed by atoms with Gasteiger partial charge >= 0.3 is 36.0 Å². The number of hydrogen-bond donors (Lipinski definition) is 0. The maximum atomic E-state index is 14.2. The minimum atomic E-state index is -6.95. The van der Waals surface area contributed by atoms with E-state index in [1.165, 1.54) is 19.1 Å². The third-order valence-corrected chi connectivity index (χ3v) is 4.34. The van der Waals surface area contributed by atoms with Crippen LogP contribution in [0.4, 0.5) is 61.5 Å². The Hall–Kier alpha value is -2.55. The molecule has 0 saturated carbocycles. The molecule has 0 unspecified atom stereocenters. The third kappa shape index (κ3) is 4.35. The summed E-state index contributed by atoms with van der Waals surface area (Å²) in [5.41, 5.74) is -5.28. The molecule has 1 aromatic carbocycles. The zero-order valence-corrected chi connectivity index (χ0v) is 15.8. The van der Waals surface area contributed by atoms with Crippen LogP contribution in [0.1, 0.15) is 22.5 Å². The normalized spacial score (nSPS) is 14.6. The van der Waals surface area contributed by atoms with Gasteiger partial charge in [-0.3, -0.25) is 4.68 Å². The minimum absolute atomic E-state index is 0.206. The highest BCUT2D eigenvalue weighted by Crippen LogP contribution is 2.55. The van der Waals surface area contributed by atoms with Crippen LogP contribution in [0.15, 0.2) is 30.3 Å². The summed E-state index contributed by atoms with van der Waals surface area (Å²) in [7, 11) is 0. The quantitative estimate of drug-likeness (QED) is 0.392. The predicted octanol–water partition coefficient (Wildman–Crippen LogP) is 6.82. The first-order valence-electron chi connectivity index (χ1n) is 8.36. The largest absolute Gasteiger partial charge is 0.460 e. The van der Waals surface area contributed by atoms with Crippen LogP contribution in [0.25, 0.3) is 0 Å². The molecule has 0 fully saturated rings. The average Bonchev–Trinajstić information content (AvgIpc) is 3.04. The molecule has 33 heavy (non-hydrogen) atoms. The Morgan fingerprint density at radius 2 is 1.18 bits per heavy atom. The van der Waals surface area contributed by atoms with Gasteiger partial charge in [-0.25, -0.2) is 0 Å². The van der Waals surface area contributed by atoms with Crippen molar-refractivity contribution in [3.8, 4) is 0 Å². The third-order valence-electron chi connectivity index (χ3n) is 4.34. The van der Waals surface area contributed by atoms with E-state index in [0.29, 0.717) is 5.56 Å². The van der Waals surface area contributed by atoms with Gasteiger partial charge in [0.15, 0.2) is 0 Å². The summed E-state index contributed by atoms with van der Waals surface area (Å²) in [6.07, 6.45) is -13.9. The Morgan fingerprint density at radius 3 is 1.64 bits per heavy atom. The molecule has 2 nitrogen and oxygen atoms in total. The van der Waals surface area contributed by atoms with E-state index < -0.39 is 64.7 Å². The highest BCUT2D eigenvalue weighted by atomic mass is 19.4. The van der Waals surface area contributed by atoms with Gasteiger partial charge in [0.1, 0.15) is 11.4 Å². The van der Waals surface area contributed by atoms with E-state index in [1.807, 2.05) is 0 Å². The molecule has 0 saturated heterocycles. The summed E-state index contributed by atoms with van der Waals surface area (Å²) in [4.78, 5) is 0. The van der Waals surface area contributed by atoms with E-state index in [0.717, 1.165) is 12.1 Å². The molecule has 0 spiro atoms. The fraction of sp³-hybridized carbons (Fsp3) is 0.471. The molecule has 186 valence electrons. The highest BCUT2D eigenvalue weighted by molar-refractivity contribution is 5.27. The first-order chi connectivity index (χ1) is 14.6. The zero-order chi connectivity index (χ0) is 25.8. The van der Waals surface area contributed by atoms with Crippen molar-refractivity contribution in [2.75, 3.05) is 0 Å². The minimum Gasteiger partial charge on any atom is -0.258 e. The van der Waals surface area contributed by atoms with Crippen LogP contribution in [0.3, 0.4) is 0 Å². The zero-order valence-electron chi connectivity index (χ0n) is 15.8. The summed E-state index contributed by atoms with van der Waals surface area (Å²) < 4.78 is 184. The molecule has 0 aliphatic heterocycles. The van der Waals surface area contributed by atoms with Gasteiger partial charge in [0, 0.05) is 0 Å². The Kier molecular flexibility index (Phi) is 6.27. The van der Waals surface area contributed by atoms with Crippen molar-refractivity contribution in [1.29, 1.82) is 0 Å². The van der Waals surface area contributed by atoms with Gasteiger partial charge in [-0.05, 0) is 18.6 Å². The maximum Gasteiger partial charge on any atom is 0.460 e. The number of benzene rings is 1. The van der Waals surface area contributed by atoms with Gasteiger partial charge in [0.05, 0.1) is 6.54 Å². The van der Waals surface area contributed by atoms with Crippen molar-refractivity contribution in [1.82, 2.24) is 9.78 Å². The molecule has 0 radical (unpaired) electrons. The second kappa shape index (κ2) is 7.75. The first-order valence-corrected chi connectivity index (χ1v) is 8.36. The van der Waals surface area contributed by atoms with E-state index in [4.69, 9.17) is 0 Å². The van der Waals surface area contributed by atoms with Crippen molar-refractivity contribution in [3.05, 3.63) is 52.8 Å². The van der Waals surface area contributed by atoms with Crippen molar-refractivity contribution in [3.63, 3.8) is 0 Å². The molecule has 0 N–H and O–H groups in total. The predicted molar refractivity (Wildman–Crippen MR) is 82.3 cm³/mol. The Balaban J connectivity index is 2.77. The number of hydrogen-bond acceptors (Lipinski definition) is 1. The van der Waals surface area contributed by atoms with Crippen molar-refractivity contribution in [2.24, 2.45) is 0 Å². The number of alkyl halides is 14. The second-order valence-electron chi connectivity index (χ2n) is 6.85. The summed E-state index contributed by atoms with van der Waals surface area (Å²) >= 11 is 0. The molecular weight excluding hydrogens is 498 g/mol. The monoisotopic (exact) mass is 508 g/mol. The lowest BCUT2D eigenvalue weighted by molar-refractivity contribution is -0.361. The summed E-state index contributed by atoms with van der Waals surface area (Å²) in [6, 6.07) is 3.77. The van der Waals surface area contributed by atoms with Crippen LogP contribution >= 0.6 is 0 Å². The van der Waals surface area contributed by atoms with E-state index in [-0.39, 0.29) is 5.56 Å². The Labute approximate surface area is 174 Å². The van der Waals surface area contributed by atoms with Crippen molar-refractivity contribution in [2.45, 2.75) is 49.5 Å². The average molecular weight is 508 g/mol. The van der Waals surface area contributed by atoms with Crippen LogP contribution in [0, 0.1) is 6.92 Å². The van der Waals surface area contributed by atoms with Crippen molar-refractivity contribution >= 4 is 0 Å². The second-order valence-corrected chi connectivity index (χ2v) is 6.85. The number of rotatable bonds is 6. The molecule has 0 bridgehead atoms. The van der Waals surface area contributed by atoms with E-state index in [1.54, 1.807) is 0 Å². The van der Waals surface area contributed by atoms with Crippen LogP contribution in [-0.2, 0) is 18.4 Å². The van der Waals surface area contributed by atoms with Crippen LogP contribution < -0.4 is 0 Å². The van der Waals surface area contributed by atoms with Crippen LogP contribution in [-0.4, -0.2) is 34.0 Å². The smallest absolute Gasteiger partial charge is 0.258 e. The standard InChI is InChI=1S/C17H10F14N2/c1-8-3-2-4-9(5-8)7-33-11(13(20,21)15(24,25)17(29,30)31)6-10(32-33)12(18,19)14(22,23)16(26,27)28/h2-6H,7H2,1H3. The van der Waals surface area contributed by atoms with Gasteiger partial charge in [-0.1, -0.05) is 29.8 Å².